The van der Waals surface area contributed by atoms with Gasteiger partial charge in [-0.05, 0) is 25.1 Å². The van der Waals surface area contributed by atoms with Gasteiger partial charge in [0.05, 0.1) is 5.01 Å². The summed E-state index contributed by atoms with van der Waals surface area (Å²) < 4.78 is 0. The Hall–Kier alpha value is -1.23. The van der Waals surface area contributed by atoms with E-state index in [1.165, 1.54) is 23.5 Å². The van der Waals surface area contributed by atoms with E-state index in [2.05, 4.69) is 50.9 Å². The lowest BCUT2D eigenvalue weighted by Crippen LogP contribution is -2.32. The Morgan fingerprint density at radius 1 is 1.30 bits per heavy atom. The van der Waals surface area contributed by atoms with E-state index in [0.29, 0.717) is 6.04 Å². The lowest BCUT2D eigenvalue weighted by Gasteiger charge is -2.24. The highest BCUT2D eigenvalue weighted by molar-refractivity contribution is 7.09. The van der Waals surface area contributed by atoms with Crippen LogP contribution < -0.4 is 5.32 Å². The van der Waals surface area contributed by atoms with Crippen LogP contribution in [0.25, 0.3) is 0 Å². The van der Waals surface area contributed by atoms with Gasteiger partial charge in [-0.25, -0.2) is 4.98 Å². The van der Waals surface area contributed by atoms with Crippen LogP contribution in [-0.2, 0) is 6.42 Å². The van der Waals surface area contributed by atoms with E-state index in [4.69, 9.17) is 0 Å². The van der Waals surface area contributed by atoms with Crippen LogP contribution in [0.3, 0.4) is 0 Å². The number of benzene rings is 1. The molecule has 4 heteroatoms. The molecule has 0 bridgehead atoms. The second-order valence-corrected chi connectivity index (χ2v) is 6.23. The molecule has 1 fully saturated rings. The maximum Gasteiger partial charge on any atom is 0.0937 e. The van der Waals surface area contributed by atoms with Crippen LogP contribution in [0, 0.1) is 0 Å². The quantitative estimate of drug-likeness (QED) is 0.937. The van der Waals surface area contributed by atoms with Crippen molar-refractivity contribution >= 4 is 11.3 Å². The number of hydrogen-bond donors (Lipinski definition) is 1. The van der Waals surface area contributed by atoms with Crippen molar-refractivity contribution in [1.29, 1.82) is 0 Å². The van der Waals surface area contributed by atoms with Gasteiger partial charge in [0.2, 0.25) is 0 Å². The number of thiazole rings is 1. The van der Waals surface area contributed by atoms with Gasteiger partial charge in [0.1, 0.15) is 0 Å². The summed E-state index contributed by atoms with van der Waals surface area (Å²) in [4.78, 5) is 6.95. The van der Waals surface area contributed by atoms with Crippen molar-refractivity contribution in [1.82, 2.24) is 15.2 Å². The van der Waals surface area contributed by atoms with Crippen molar-refractivity contribution in [2.75, 3.05) is 26.2 Å². The standard InChI is InChI=1S/C16H21N3S/c1-2-5-14(6-3-1)15-13-19(10-4-8-17-15)11-7-16-18-9-12-20-16/h1-3,5-6,9,12,15,17H,4,7-8,10-11,13H2. The zero-order valence-electron chi connectivity index (χ0n) is 11.7. The summed E-state index contributed by atoms with van der Waals surface area (Å²) in [6.45, 7) is 4.49. The van der Waals surface area contributed by atoms with E-state index in [-0.39, 0.29) is 0 Å². The second kappa shape index (κ2) is 6.97. The van der Waals surface area contributed by atoms with Gasteiger partial charge in [-0.2, -0.15) is 0 Å². The van der Waals surface area contributed by atoms with E-state index in [1.54, 1.807) is 11.3 Å². The maximum absolute atomic E-state index is 4.38. The molecule has 3 rings (SSSR count). The van der Waals surface area contributed by atoms with Crippen molar-refractivity contribution in [2.45, 2.75) is 18.9 Å². The number of rotatable bonds is 4. The van der Waals surface area contributed by atoms with Crippen LogP contribution in [0.2, 0.25) is 0 Å². The normalized spacial score (nSPS) is 20.7. The van der Waals surface area contributed by atoms with E-state index < -0.39 is 0 Å². The molecular formula is C16H21N3S. The first-order valence-corrected chi connectivity index (χ1v) is 8.19. The SMILES string of the molecule is c1ccc(C2CN(CCc3nccs3)CCCN2)cc1. The van der Waals surface area contributed by atoms with Crippen LogP contribution in [0.5, 0.6) is 0 Å². The summed E-state index contributed by atoms with van der Waals surface area (Å²) in [5.74, 6) is 0. The lowest BCUT2D eigenvalue weighted by molar-refractivity contribution is 0.272. The lowest BCUT2D eigenvalue weighted by atomic mass is 10.1. The van der Waals surface area contributed by atoms with Gasteiger partial charge >= 0.3 is 0 Å². The molecule has 1 N–H and O–H groups in total. The van der Waals surface area contributed by atoms with Gasteiger partial charge in [-0.3, -0.25) is 0 Å². The molecule has 1 atom stereocenters. The minimum atomic E-state index is 0.454. The number of aromatic nitrogens is 1. The fourth-order valence-electron chi connectivity index (χ4n) is 2.73. The van der Waals surface area contributed by atoms with E-state index >= 15 is 0 Å². The molecule has 1 unspecified atom stereocenters. The Kier molecular flexibility index (Phi) is 4.79. The number of hydrogen-bond acceptors (Lipinski definition) is 4. The summed E-state index contributed by atoms with van der Waals surface area (Å²) in [6, 6.07) is 11.2. The van der Waals surface area contributed by atoms with Crippen molar-refractivity contribution in [2.24, 2.45) is 0 Å². The molecule has 1 aliphatic rings. The average Bonchev–Trinajstić information content (AvgIpc) is 2.90. The van der Waals surface area contributed by atoms with Crippen LogP contribution in [-0.4, -0.2) is 36.1 Å². The maximum atomic E-state index is 4.38. The van der Waals surface area contributed by atoms with E-state index in [9.17, 15) is 0 Å². The first kappa shape index (κ1) is 13.7. The molecular weight excluding hydrogens is 266 g/mol. The Balaban J connectivity index is 1.60. The molecule has 20 heavy (non-hydrogen) atoms. The third-order valence-electron chi connectivity index (χ3n) is 3.81. The highest BCUT2D eigenvalue weighted by atomic mass is 32.1. The molecule has 0 spiro atoms. The zero-order valence-corrected chi connectivity index (χ0v) is 12.5. The number of nitrogens with one attached hydrogen (secondary N) is 1. The molecule has 0 radical (unpaired) electrons. The molecule has 1 saturated heterocycles. The highest BCUT2D eigenvalue weighted by Crippen LogP contribution is 2.17. The molecule has 106 valence electrons. The fourth-order valence-corrected chi connectivity index (χ4v) is 3.34. The van der Waals surface area contributed by atoms with Crippen molar-refractivity contribution in [3.63, 3.8) is 0 Å². The third kappa shape index (κ3) is 3.66. The molecule has 0 saturated carbocycles. The van der Waals surface area contributed by atoms with Crippen molar-refractivity contribution in [3.8, 4) is 0 Å². The topological polar surface area (TPSA) is 28.2 Å². The van der Waals surface area contributed by atoms with Crippen LogP contribution in [0.4, 0.5) is 0 Å². The summed E-state index contributed by atoms with van der Waals surface area (Å²) >= 11 is 1.76. The van der Waals surface area contributed by atoms with Gasteiger partial charge < -0.3 is 10.2 Å². The van der Waals surface area contributed by atoms with Gasteiger partial charge in [-0.1, -0.05) is 30.3 Å². The first-order chi connectivity index (χ1) is 9.92. The summed E-state index contributed by atoms with van der Waals surface area (Å²) in [5.41, 5.74) is 1.40. The van der Waals surface area contributed by atoms with Gasteiger partial charge in [0.15, 0.2) is 0 Å². The first-order valence-electron chi connectivity index (χ1n) is 7.31. The molecule has 3 nitrogen and oxygen atoms in total. The van der Waals surface area contributed by atoms with E-state index in [1.807, 2.05) is 6.20 Å². The van der Waals surface area contributed by atoms with Gasteiger partial charge in [-0.15, -0.1) is 11.3 Å². The Morgan fingerprint density at radius 3 is 3.00 bits per heavy atom. The molecule has 0 amide bonds. The largest absolute Gasteiger partial charge is 0.309 e. The molecule has 2 heterocycles. The third-order valence-corrected chi connectivity index (χ3v) is 4.65. The molecule has 1 aromatic carbocycles. The van der Waals surface area contributed by atoms with Gasteiger partial charge in [0.25, 0.3) is 0 Å². The smallest absolute Gasteiger partial charge is 0.0937 e. The number of nitrogens with zero attached hydrogens (tertiary/aromatic N) is 2. The van der Waals surface area contributed by atoms with Gasteiger partial charge in [0, 0.05) is 37.1 Å². The summed E-state index contributed by atoms with van der Waals surface area (Å²) in [6.07, 6.45) is 4.19. The van der Waals surface area contributed by atoms with E-state index in [0.717, 1.165) is 26.1 Å². The summed E-state index contributed by atoms with van der Waals surface area (Å²) in [5, 5.41) is 6.98. The predicted octanol–water partition coefficient (Wildman–Crippen LogP) is 2.72. The van der Waals surface area contributed by atoms with Crippen LogP contribution >= 0.6 is 11.3 Å². The molecule has 1 aromatic heterocycles. The van der Waals surface area contributed by atoms with Crippen LogP contribution in [0.1, 0.15) is 23.0 Å². The minimum absolute atomic E-state index is 0.454. The monoisotopic (exact) mass is 287 g/mol. The summed E-state index contributed by atoms with van der Waals surface area (Å²) in [7, 11) is 0. The fraction of sp³-hybridized carbons (Fsp3) is 0.438. The Morgan fingerprint density at radius 2 is 2.20 bits per heavy atom. The molecule has 2 aromatic rings. The van der Waals surface area contributed by atoms with Crippen LogP contribution in [0.15, 0.2) is 41.9 Å². The predicted molar refractivity (Wildman–Crippen MR) is 84.1 cm³/mol. The minimum Gasteiger partial charge on any atom is -0.309 e. The average molecular weight is 287 g/mol. The molecule has 1 aliphatic heterocycles. The van der Waals surface area contributed by atoms with Crippen molar-refractivity contribution in [3.05, 3.63) is 52.5 Å². The molecule has 0 aliphatic carbocycles. The Labute approximate surface area is 124 Å². The Bertz CT molecular complexity index is 498. The highest BCUT2D eigenvalue weighted by Gasteiger charge is 2.18. The zero-order chi connectivity index (χ0) is 13.6. The van der Waals surface area contributed by atoms with Crippen molar-refractivity contribution < 1.29 is 0 Å². The second-order valence-electron chi connectivity index (χ2n) is 5.25.